The highest BCUT2D eigenvalue weighted by Crippen LogP contribution is 2.22. The zero-order valence-corrected chi connectivity index (χ0v) is 11.6. The van der Waals surface area contributed by atoms with Crippen molar-refractivity contribution in [3.8, 4) is 6.07 Å². The van der Waals surface area contributed by atoms with Crippen LogP contribution in [0, 0.1) is 16.7 Å². The maximum atomic E-state index is 8.91. The van der Waals surface area contributed by atoms with Crippen molar-refractivity contribution in [2.45, 2.75) is 46.1 Å². The lowest BCUT2D eigenvalue weighted by molar-refractivity contribution is 0.0619. The zero-order chi connectivity index (χ0) is 13.4. The van der Waals surface area contributed by atoms with E-state index in [-0.39, 0.29) is 11.5 Å². The van der Waals surface area contributed by atoms with Gasteiger partial charge in [-0.1, -0.05) is 30.3 Å². The lowest BCUT2D eigenvalue weighted by Crippen LogP contribution is -2.08. The first-order valence-electron chi connectivity index (χ1n) is 6.63. The maximum Gasteiger partial charge on any atom is 0.0796 e. The molecule has 1 aromatic rings. The van der Waals surface area contributed by atoms with Gasteiger partial charge in [-0.25, -0.2) is 0 Å². The molecule has 1 unspecified atom stereocenters. The van der Waals surface area contributed by atoms with Crippen LogP contribution in [0.1, 0.15) is 51.7 Å². The SMILES string of the molecule is CC(OCCCCC(C)(C)C#N)c1ccccc1. The first-order valence-corrected chi connectivity index (χ1v) is 6.63. The third-order valence-corrected chi connectivity index (χ3v) is 3.14. The Morgan fingerprint density at radius 1 is 1.22 bits per heavy atom. The molecule has 1 rings (SSSR count). The Labute approximate surface area is 111 Å². The Bertz CT molecular complexity index is 378. The average molecular weight is 245 g/mol. The fourth-order valence-electron chi connectivity index (χ4n) is 1.81. The molecule has 1 aromatic carbocycles. The van der Waals surface area contributed by atoms with Crippen LogP contribution in [0.25, 0.3) is 0 Å². The van der Waals surface area contributed by atoms with Crippen LogP contribution in [-0.2, 0) is 4.74 Å². The Hall–Kier alpha value is -1.33. The molecule has 0 N–H and O–H groups in total. The minimum Gasteiger partial charge on any atom is -0.374 e. The lowest BCUT2D eigenvalue weighted by Gasteiger charge is -2.16. The van der Waals surface area contributed by atoms with Crippen molar-refractivity contribution in [2.75, 3.05) is 6.61 Å². The Balaban J connectivity index is 2.18. The fourth-order valence-corrected chi connectivity index (χ4v) is 1.81. The van der Waals surface area contributed by atoms with E-state index < -0.39 is 0 Å². The summed E-state index contributed by atoms with van der Waals surface area (Å²) in [5.41, 5.74) is 1.01. The molecule has 0 amide bonds. The molecule has 0 aliphatic heterocycles. The fraction of sp³-hybridized carbons (Fsp3) is 0.562. The van der Waals surface area contributed by atoms with Gasteiger partial charge in [0.25, 0.3) is 0 Å². The van der Waals surface area contributed by atoms with Crippen molar-refractivity contribution >= 4 is 0 Å². The molecule has 0 radical (unpaired) electrons. The van der Waals surface area contributed by atoms with Gasteiger partial charge >= 0.3 is 0 Å². The van der Waals surface area contributed by atoms with Gasteiger partial charge < -0.3 is 4.74 Å². The Morgan fingerprint density at radius 3 is 2.50 bits per heavy atom. The highest BCUT2D eigenvalue weighted by molar-refractivity contribution is 5.16. The number of nitrogens with zero attached hydrogens (tertiary/aromatic N) is 1. The van der Waals surface area contributed by atoms with Crippen molar-refractivity contribution < 1.29 is 4.74 Å². The van der Waals surface area contributed by atoms with Crippen molar-refractivity contribution in [2.24, 2.45) is 5.41 Å². The molecule has 2 heteroatoms. The Kier molecular flexibility index (Phi) is 5.88. The lowest BCUT2D eigenvalue weighted by atomic mass is 9.89. The molecule has 0 spiro atoms. The second-order valence-electron chi connectivity index (χ2n) is 5.38. The van der Waals surface area contributed by atoms with E-state index in [1.165, 1.54) is 5.56 Å². The molecule has 0 aliphatic carbocycles. The van der Waals surface area contributed by atoms with E-state index in [1.54, 1.807) is 0 Å². The van der Waals surface area contributed by atoms with Crippen LogP contribution in [0.5, 0.6) is 0 Å². The van der Waals surface area contributed by atoms with E-state index in [0.29, 0.717) is 0 Å². The minimum absolute atomic E-state index is 0.148. The number of benzene rings is 1. The van der Waals surface area contributed by atoms with Gasteiger partial charge in [-0.15, -0.1) is 0 Å². The summed E-state index contributed by atoms with van der Waals surface area (Å²) >= 11 is 0. The van der Waals surface area contributed by atoms with E-state index in [0.717, 1.165) is 25.9 Å². The molecule has 0 heterocycles. The van der Waals surface area contributed by atoms with Crippen LogP contribution < -0.4 is 0 Å². The second kappa shape index (κ2) is 7.18. The van der Waals surface area contributed by atoms with Crippen LogP contribution in [0.15, 0.2) is 30.3 Å². The van der Waals surface area contributed by atoms with Gasteiger partial charge in [0.1, 0.15) is 0 Å². The molecule has 1 atom stereocenters. The van der Waals surface area contributed by atoms with Gasteiger partial charge in [-0.05, 0) is 45.6 Å². The van der Waals surface area contributed by atoms with Crippen LogP contribution in [0.2, 0.25) is 0 Å². The third kappa shape index (κ3) is 5.33. The number of unbranched alkanes of at least 4 members (excludes halogenated alkanes) is 1. The molecule has 0 fully saturated rings. The summed E-state index contributed by atoms with van der Waals surface area (Å²) in [5.74, 6) is 0. The predicted molar refractivity (Wildman–Crippen MR) is 74.1 cm³/mol. The summed E-state index contributed by atoms with van der Waals surface area (Å²) in [7, 11) is 0. The summed E-state index contributed by atoms with van der Waals surface area (Å²) < 4.78 is 5.79. The normalized spacial score (nSPS) is 13.0. The number of hydrogen-bond acceptors (Lipinski definition) is 2. The minimum atomic E-state index is -0.203. The van der Waals surface area contributed by atoms with Crippen LogP contribution >= 0.6 is 0 Å². The predicted octanol–water partition coefficient (Wildman–Crippen LogP) is 4.48. The molecular weight excluding hydrogens is 222 g/mol. The summed E-state index contributed by atoms with van der Waals surface area (Å²) in [6.45, 7) is 6.81. The van der Waals surface area contributed by atoms with E-state index in [4.69, 9.17) is 10.00 Å². The quantitative estimate of drug-likeness (QED) is 0.663. The molecule has 0 bridgehead atoms. The van der Waals surface area contributed by atoms with Crippen LogP contribution in [0.3, 0.4) is 0 Å². The first kappa shape index (κ1) is 14.7. The van der Waals surface area contributed by atoms with Crippen LogP contribution in [0.4, 0.5) is 0 Å². The van der Waals surface area contributed by atoms with Crippen molar-refractivity contribution in [3.63, 3.8) is 0 Å². The standard InChI is InChI=1S/C16H23NO/c1-14(15-9-5-4-6-10-15)18-12-8-7-11-16(2,3)13-17/h4-6,9-10,14H,7-8,11-12H2,1-3H3. The van der Waals surface area contributed by atoms with Gasteiger partial charge in [-0.2, -0.15) is 5.26 Å². The van der Waals surface area contributed by atoms with Gasteiger partial charge in [0.2, 0.25) is 0 Å². The van der Waals surface area contributed by atoms with E-state index in [1.807, 2.05) is 32.0 Å². The Morgan fingerprint density at radius 2 is 1.89 bits per heavy atom. The van der Waals surface area contributed by atoms with Crippen molar-refractivity contribution in [1.29, 1.82) is 5.26 Å². The monoisotopic (exact) mass is 245 g/mol. The van der Waals surface area contributed by atoms with E-state index in [9.17, 15) is 0 Å². The summed E-state index contributed by atoms with van der Waals surface area (Å²) in [6.07, 6.45) is 3.15. The first-order chi connectivity index (χ1) is 8.55. The van der Waals surface area contributed by atoms with Gasteiger partial charge in [0.15, 0.2) is 0 Å². The molecule has 2 nitrogen and oxygen atoms in total. The van der Waals surface area contributed by atoms with Gasteiger partial charge in [0, 0.05) is 6.61 Å². The largest absolute Gasteiger partial charge is 0.374 e. The second-order valence-corrected chi connectivity index (χ2v) is 5.38. The molecule has 0 aliphatic rings. The van der Waals surface area contributed by atoms with Gasteiger partial charge in [0.05, 0.1) is 17.6 Å². The molecule has 0 aromatic heterocycles. The highest BCUT2D eigenvalue weighted by Gasteiger charge is 2.15. The van der Waals surface area contributed by atoms with E-state index in [2.05, 4.69) is 25.1 Å². The summed E-state index contributed by atoms with van der Waals surface area (Å²) in [5, 5.41) is 8.91. The zero-order valence-electron chi connectivity index (χ0n) is 11.6. The number of hydrogen-bond donors (Lipinski definition) is 0. The molecule has 98 valence electrons. The summed E-state index contributed by atoms with van der Waals surface area (Å²) in [4.78, 5) is 0. The highest BCUT2D eigenvalue weighted by atomic mass is 16.5. The molecule has 18 heavy (non-hydrogen) atoms. The molecule has 0 saturated heterocycles. The maximum absolute atomic E-state index is 8.91. The van der Waals surface area contributed by atoms with Crippen molar-refractivity contribution in [1.82, 2.24) is 0 Å². The van der Waals surface area contributed by atoms with Crippen molar-refractivity contribution in [3.05, 3.63) is 35.9 Å². The third-order valence-electron chi connectivity index (χ3n) is 3.14. The van der Waals surface area contributed by atoms with Crippen LogP contribution in [-0.4, -0.2) is 6.61 Å². The average Bonchev–Trinajstić information content (AvgIpc) is 2.39. The molecular formula is C16H23NO. The smallest absolute Gasteiger partial charge is 0.0796 e. The summed E-state index contributed by atoms with van der Waals surface area (Å²) in [6, 6.07) is 12.6. The number of ether oxygens (including phenoxy) is 1. The topological polar surface area (TPSA) is 33.0 Å². The number of nitriles is 1. The number of rotatable bonds is 7. The van der Waals surface area contributed by atoms with E-state index >= 15 is 0 Å². The molecule has 0 saturated carbocycles. The van der Waals surface area contributed by atoms with Gasteiger partial charge in [-0.3, -0.25) is 0 Å².